The van der Waals surface area contributed by atoms with Crippen LogP contribution in [-0.4, -0.2) is 34.3 Å². The number of aliphatic carboxylic acids is 2. The summed E-state index contributed by atoms with van der Waals surface area (Å²) in [5, 5.41) is 21.3. The van der Waals surface area contributed by atoms with Crippen LogP contribution in [0.2, 0.25) is 0 Å². The topological polar surface area (TPSA) is 94.8 Å². The Kier molecular flexibility index (Phi) is 1.63. The lowest BCUT2D eigenvalue weighted by Crippen LogP contribution is -2.45. The van der Waals surface area contributed by atoms with Crippen LogP contribution in [0.3, 0.4) is 0 Å². The van der Waals surface area contributed by atoms with Gasteiger partial charge in [0.25, 0.3) is 0 Å². The van der Waals surface area contributed by atoms with E-state index in [1.807, 2.05) is 0 Å². The molecule has 0 saturated heterocycles. The number of rotatable bonds is 5. The van der Waals surface area contributed by atoms with Gasteiger partial charge in [-0.05, 0) is 5.89 Å². The zero-order valence-corrected chi connectivity index (χ0v) is 6.62. The lowest BCUT2D eigenvalue weighted by Gasteiger charge is -2.25. The van der Waals surface area contributed by atoms with E-state index < -0.39 is 29.8 Å². The van der Waals surface area contributed by atoms with Crippen molar-refractivity contribution in [2.75, 3.05) is 0 Å². The molecule has 5 nitrogen and oxygen atoms in total. The van der Waals surface area contributed by atoms with Gasteiger partial charge in [-0.2, -0.15) is 0 Å². The molecule has 0 bridgehead atoms. The van der Waals surface area contributed by atoms with Gasteiger partial charge >= 0.3 is 11.9 Å². The van der Waals surface area contributed by atoms with Gasteiger partial charge in [0.2, 0.25) is 1.43 Å². The van der Waals surface area contributed by atoms with Gasteiger partial charge in [-0.25, -0.2) is 4.79 Å². The van der Waals surface area contributed by atoms with E-state index in [-0.39, 0.29) is 0 Å². The van der Waals surface area contributed by atoms with Crippen LogP contribution in [0.4, 0.5) is 0 Å². The summed E-state index contributed by atoms with van der Waals surface area (Å²) in [6.07, 6.45) is -3.41. The minimum absolute atomic E-state index is 0.955. The minimum Gasteiger partial charge on any atom is -0.481 e. The maximum atomic E-state index is 11.0. The molecule has 0 aromatic heterocycles. The van der Waals surface area contributed by atoms with E-state index in [0.29, 0.717) is 0 Å². The number of aliphatic hydroxyl groups is 1. The number of carbonyl (C=O) groups is 2. The molecule has 0 aliphatic rings. The first-order chi connectivity index (χ1) is 6.95. The predicted octanol–water partition coefficient (Wildman–Crippen LogP) is -0.0672. The highest BCUT2D eigenvalue weighted by Gasteiger charge is 2.41. The van der Waals surface area contributed by atoms with E-state index in [0.717, 1.165) is 13.8 Å². The maximum absolute atomic E-state index is 11.0. The van der Waals surface area contributed by atoms with Gasteiger partial charge in [0.15, 0.2) is 5.60 Å². The molecule has 0 radical (unpaired) electrons. The zero-order valence-electron chi connectivity index (χ0n) is 10.6. The van der Waals surface area contributed by atoms with Crippen LogP contribution < -0.4 is 0 Å². The van der Waals surface area contributed by atoms with Gasteiger partial charge in [-0.3, -0.25) is 4.79 Å². The molecule has 3 N–H and O–H groups in total. The second-order valence-corrected chi connectivity index (χ2v) is 2.42. The van der Waals surface area contributed by atoms with Crippen LogP contribution in [-0.2, 0) is 9.59 Å². The van der Waals surface area contributed by atoms with Crippen LogP contribution in [0.5, 0.6) is 0 Å². The van der Waals surface area contributed by atoms with Crippen molar-refractivity contribution in [3.8, 4) is 0 Å². The third-order valence-electron chi connectivity index (χ3n) is 1.29. The number of hydrogen-bond donors (Lipinski definition) is 3. The fourth-order valence-electron chi connectivity index (χ4n) is 0.543. The van der Waals surface area contributed by atoms with E-state index in [2.05, 4.69) is 5.11 Å². The number of carboxylic acid groups (broad SMARTS) is 2. The lowest BCUT2D eigenvalue weighted by molar-refractivity contribution is -0.170. The first-order valence-electron chi connectivity index (χ1n) is 4.97. The highest BCUT2D eigenvalue weighted by Crippen LogP contribution is 2.21. The van der Waals surface area contributed by atoms with Gasteiger partial charge in [-0.15, -0.1) is 0 Å². The van der Waals surface area contributed by atoms with Crippen molar-refractivity contribution in [3.63, 3.8) is 0 Å². The van der Waals surface area contributed by atoms with E-state index in [4.69, 9.17) is 15.8 Å². The average Bonchev–Trinajstić information content (AvgIpc) is 2.01. The Morgan fingerprint density at radius 3 is 2.25 bits per heavy atom. The minimum atomic E-state index is -3.41. The van der Waals surface area contributed by atoms with E-state index in [1.165, 1.54) is 0 Å². The van der Waals surface area contributed by atoms with Gasteiger partial charge in [-0.1, -0.05) is 13.8 Å². The third-order valence-corrected chi connectivity index (χ3v) is 1.29. The fourth-order valence-corrected chi connectivity index (χ4v) is 0.543. The Balaban J connectivity index is 5.95. The molecule has 0 heterocycles. The molecule has 1 atom stereocenters. The maximum Gasteiger partial charge on any atom is 0.336 e. The molecule has 0 rings (SSSR count). The largest absolute Gasteiger partial charge is 0.481 e. The van der Waals surface area contributed by atoms with Crippen LogP contribution in [0.1, 0.15) is 24.3 Å². The Morgan fingerprint density at radius 1 is 1.67 bits per heavy atom. The molecule has 0 unspecified atom stereocenters. The van der Waals surface area contributed by atoms with E-state index in [1.54, 1.807) is 0 Å². The van der Waals surface area contributed by atoms with Crippen molar-refractivity contribution in [2.45, 2.75) is 25.8 Å². The summed E-state index contributed by atoms with van der Waals surface area (Å²) in [5.41, 5.74) is -3.12. The first-order valence-corrected chi connectivity index (χ1v) is 3.06. The van der Waals surface area contributed by atoms with Crippen molar-refractivity contribution in [1.82, 2.24) is 0 Å². The van der Waals surface area contributed by atoms with E-state index >= 15 is 0 Å². The predicted molar refractivity (Wildman–Crippen MR) is 39.7 cm³/mol. The van der Waals surface area contributed by atoms with Crippen molar-refractivity contribution < 1.29 is 29.0 Å². The highest BCUT2D eigenvalue weighted by molar-refractivity contribution is 5.83. The van der Waals surface area contributed by atoms with Gasteiger partial charge in [0.1, 0.15) is 0 Å². The van der Waals surface area contributed by atoms with Gasteiger partial charge in [0.05, 0.1) is 6.37 Å². The molecular weight excluding hydrogens is 164 g/mol. The van der Waals surface area contributed by atoms with Crippen molar-refractivity contribution in [3.05, 3.63) is 0 Å². The molecule has 0 fully saturated rings. The SMILES string of the molecule is [2H]O[C@@](C(=O)O)(C([2H])(C)C)C([2H])([2H])C(=O)O. The molecule has 0 amide bonds. The van der Waals surface area contributed by atoms with Crippen molar-refractivity contribution >= 4 is 11.9 Å². The second-order valence-electron chi connectivity index (χ2n) is 2.42. The summed E-state index contributed by atoms with van der Waals surface area (Å²) in [6, 6.07) is 0. The second kappa shape index (κ2) is 3.53. The Hall–Kier alpha value is -1.10. The molecule has 0 aliphatic heterocycles. The van der Waals surface area contributed by atoms with Crippen molar-refractivity contribution in [2.24, 2.45) is 5.89 Å². The summed E-state index contributed by atoms with van der Waals surface area (Å²) < 4.78 is 28.5. The van der Waals surface area contributed by atoms with Crippen molar-refractivity contribution in [1.29, 1.82) is 1.43 Å². The summed E-state index contributed by atoms with van der Waals surface area (Å²) in [5.74, 6) is -6.29. The molecular formula is C7H12O5. The fraction of sp³-hybridized carbons (Fsp3) is 0.714. The molecule has 0 aliphatic carbocycles. The summed E-state index contributed by atoms with van der Waals surface area (Å²) in [7, 11) is 0. The van der Waals surface area contributed by atoms with Gasteiger partial charge < -0.3 is 15.3 Å². The van der Waals surface area contributed by atoms with Gasteiger partial charge in [0, 0.05) is 4.11 Å². The molecule has 0 spiro atoms. The standard InChI is InChI=1S/C7H12O5/c1-4(2)7(12,6(10)11)3-5(8)9/h4,12H,3H2,1-2H3,(H,8,9)(H,10,11)/t7-/m1/s1/i3D2,4D,12D. The number of carboxylic acids is 2. The first kappa shape index (κ1) is 5.53. The zero-order chi connectivity index (χ0) is 13.4. The summed E-state index contributed by atoms with van der Waals surface area (Å²) in [6.45, 7) is 1.91. The Labute approximate surface area is 75.3 Å². The number of hydrogen-bond acceptors (Lipinski definition) is 3. The Bertz CT molecular complexity index is 310. The molecule has 0 aromatic rings. The normalized spacial score (nSPS) is 22.5. The quantitative estimate of drug-likeness (QED) is 0.550. The van der Waals surface area contributed by atoms with E-state index in [9.17, 15) is 9.59 Å². The highest BCUT2D eigenvalue weighted by atomic mass is 16.4. The molecule has 70 valence electrons. The lowest BCUT2D eigenvalue weighted by atomic mass is 9.87. The Morgan fingerprint density at radius 2 is 2.17 bits per heavy atom. The van der Waals surface area contributed by atoms with Crippen LogP contribution in [0.15, 0.2) is 0 Å². The molecule has 5 heteroatoms. The summed E-state index contributed by atoms with van der Waals surface area (Å²) in [4.78, 5) is 21.7. The van der Waals surface area contributed by atoms with Crippen LogP contribution in [0.25, 0.3) is 0 Å². The average molecular weight is 180 g/mol. The smallest absolute Gasteiger partial charge is 0.336 e. The van der Waals surface area contributed by atoms with Crippen LogP contribution in [0, 0.1) is 5.89 Å². The van der Waals surface area contributed by atoms with Crippen LogP contribution >= 0.6 is 0 Å². The molecule has 12 heavy (non-hydrogen) atoms. The summed E-state index contributed by atoms with van der Waals surface area (Å²) >= 11 is 0. The monoisotopic (exact) mass is 180 g/mol. The third kappa shape index (κ3) is 2.20. The molecule has 0 saturated carbocycles. The molecule has 0 aromatic carbocycles.